The van der Waals surface area contributed by atoms with Gasteiger partial charge in [0.2, 0.25) is 17.7 Å². The van der Waals surface area contributed by atoms with Crippen LogP contribution in [0.4, 0.5) is 5.69 Å². The van der Waals surface area contributed by atoms with Crippen molar-refractivity contribution >= 4 is 29.1 Å². The van der Waals surface area contributed by atoms with Gasteiger partial charge < -0.3 is 8.83 Å². The maximum atomic E-state index is 10.7. The number of nitro groups is 1. The van der Waals surface area contributed by atoms with Crippen molar-refractivity contribution in [2.75, 3.05) is 0 Å². The molecule has 0 fully saturated rings. The van der Waals surface area contributed by atoms with Gasteiger partial charge in [-0.15, -0.1) is 20.4 Å². The molecule has 2 heterocycles. The highest BCUT2D eigenvalue weighted by atomic mass is 35.5. The lowest BCUT2D eigenvalue weighted by molar-refractivity contribution is -0.384. The van der Waals surface area contributed by atoms with E-state index in [2.05, 4.69) is 20.4 Å². The zero-order chi connectivity index (χ0) is 20.4. The Morgan fingerprint density at radius 3 is 2.17 bits per heavy atom. The summed E-state index contributed by atoms with van der Waals surface area (Å²) in [6.45, 7) is 1.87. The molecule has 1 atom stereocenters. The Morgan fingerprint density at radius 1 is 0.931 bits per heavy atom. The molecule has 0 aliphatic carbocycles. The van der Waals surface area contributed by atoms with Crippen molar-refractivity contribution in [3.8, 4) is 22.9 Å². The first-order valence-electron chi connectivity index (χ1n) is 8.34. The molecule has 0 N–H and O–H groups in total. The summed E-state index contributed by atoms with van der Waals surface area (Å²) in [5.74, 6) is 1.03. The number of halogens is 1. The Morgan fingerprint density at radius 2 is 1.52 bits per heavy atom. The molecular formula is C18H12ClN5O4S. The molecule has 0 aliphatic rings. The molecule has 0 saturated carbocycles. The SMILES string of the molecule is C[C@@H](Sc1nnc(-c2ccc(Cl)cc2)o1)c1nnc(-c2ccc([N+](=O)[O-])cc2)o1. The number of aromatic nitrogens is 4. The van der Waals surface area contributed by atoms with Crippen LogP contribution in [0, 0.1) is 10.1 Å². The van der Waals surface area contributed by atoms with Crippen molar-refractivity contribution in [3.05, 3.63) is 69.6 Å². The van der Waals surface area contributed by atoms with Gasteiger partial charge in [0.25, 0.3) is 10.9 Å². The van der Waals surface area contributed by atoms with E-state index in [1.165, 1.54) is 23.9 Å². The number of benzene rings is 2. The predicted molar refractivity (Wildman–Crippen MR) is 105 cm³/mol. The highest BCUT2D eigenvalue weighted by Crippen LogP contribution is 2.35. The van der Waals surface area contributed by atoms with E-state index >= 15 is 0 Å². The van der Waals surface area contributed by atoms with Gasteiger partial charge in [-0.2, -0.15) is 0 Å². The van der Waals surface area contributed by atoms with Crippen LogP contribution in [0.25, 0.3) is 22.9 Å². The summed E-state index contributed by atoms with van der Waals surface area (Å²) in [4.78, 5) is 10.3. The minimum atomic E-state index is -0.468. The van der Waals surface area contributed by atoms with Gasteiger partial charge in [0.15, 0.2) is 0 Å². The average molecular weight is 430 g/mol. The first-order valence-corrected chi connectivity index (χ1v) is 9.59. The molecule has 0 saturated heterocycles. The van der Waals surface area contributed by atoms with Gasteiger partial charge in [-0.1, -0.05) is 23.4 Å². The Balaban J connectivity index is 1.46. The van der Waals surface area contributed by atoms with E-state index in [1.54, 1.807) is 36.4 Å². The average Bonchev–Trinajstić information content (AvgIpc) is 3.38. The molecule has 2 aromatic heterocycles. The first kappa shape index (κ1) is 19.1. The second-order valence-electron chi connectivity index (χ2n) is 5.89. The van der Waals surface area contributed by atoms with E-state index in [0.29, 0.717) is 27.6 Å². The zero-order valence-corrected chi connectivity index (χ0v) is 16.4. The number of hydrogen-bond acceptors (Lipinski definition) is 9. The van der Waals surface area contributed by atoms with Crippen LogP contribution >= 0.6 is 23.4 Å². The van der Waals surface area contributed by atoms with E-state index in [4.69, 9.17) is 20.4 Å². The van der Waals surface area contributed by atoms with Crippen LogP contribution in [0.1, 0.15) is 18.1 Å². The van der Waals surface area contributed by atoms with Gasteiger partial charge >= 0.3 is 0 Å². The third kappa shape index (κ3) is 4.28. The van der Waals surface area contributed by atoms with Crippen LogP contribution in [0.2, 0.25) is 5.02 Å². The summed E-state index contributed by atoms with van der Waals surface area (Å²) in [6.07, 6.45) is 0. The largest absolute Gasteiger partial charge is 0.419 e. The monoisotopic (exact) mass is 429 g/mol. The standard InChI is InChI=1S/C18H12ClN5O4S/c1-10(29-18-23-22-17(28-18)11-2-6-13(19)7-3-11)15-20-21-16(27-15)12-4-8-14(9-5-12)24(25)26/h2-10H,1H3/t10-/m1/s1. The Kier molecular flexibility index (Phi) is 5.28. The fraction of sp³-hybridized carbons (Fsp3) is 0.111. The van der Waals surface area contributed by atoms with Crippen LogP contribution in [-0.4, -0.2) is 25.3 Å². The van der Waals surface area contributed by atoms with Crippen molar-refractivity contribution in [2.24, 2.45) is 0 Å². The van der Waals surface area contributed by atoms with Gasteiger partial charge in [0, 0.05) is 28.3 Å². The van der Waals surface area contributed by atoms with Crippen LogP contribution in [0.3, 0.4) is 0 Å². The van der Waals surface area contributed by atoms with Crippen LogP contribution < -0.4 is 0 Å². The normalized spacial score (nSPS) is 12.1. The van der Waals surface area contributed by atoms with Crippen molar-refractivity contribution in [3.63, 3.8) is 0 Å². The van der Waals surface area contributed by atoms with Crippen LogP contribution in [0.5, 0.6) is 0 Å². The molecule has 0 aliphatic heterocycles. The molecule has 0 bridgehead atoms. The summed E-state index contributed by atoms with van der Waals surface area (Å²) in [5.41, 5.74) is 1.35. The molecule has 2 aromatic carbocycles. The summed E-state index contributed by atoms with van der Waals surface area (Å²) in [7, 11) is 0. The lowest BCUT2D eigenvalue weighted by atomic mass is 10.2. The molecule has 0 spiro atoms. The van der Waals surface area contributed by atoms with E-state index < -0.39 is 4.92 Å². The maximum absolute atomic E-state index is 10.7. The highest BCUT2D eigenvalue weighted by molar-refractivity contribution is 7.99. The zero-order valence-electron chi connectivity index (χ0n) is 14.9. The topological polar surface area (TPSA) is 121 Å². The quantitative estimate of drug-likeness (QED) is 0.231. The third-order valence-corrected chi connectivity index (χ3v) is 5.06. The molecule has 0 radical (unpaired) electrons. The number of rotatable bonds is 6. The van der Waals surface area contributed by atoms with Crippen molar-refractivity contribution < 1.29 is 13.8 Å². The van der Waals surface area contributed by atoms with Gasteiger partial charge in [-0.25, -0.2) is 0 Å². The van der Waals surface area contributed by atoms with E-state index in [0.717, 1.165) is 5.56 Å². The lowest BCUT2D eigenvalue weighted by Gasteiger charge is -2.01. The van der Waals surface area contributed by atoms with Crippen molar-refractivity contribution in [1.29, 1.82) is 0 Å². The molecule has 9 nitrogen and oxygen atoms in total. The number of non-ortho nitro benzene ring substituents is 1. The van der Waals surface area contributed by atoms with Gasteiger partial charge in [0.05, 0.1) is 10.2 Å². The summed E-state index contributed by atoms with van der Waals surface area (Å²) in [6, 6.07) is 13.0. The fourth-order valence-corrected chi connectivity index (χ4v) is 3.25. The highest BCUT2D eigenvalue weighted by Gasteiger charge is 2.20. The molecule has 4 rings (SSSR count). The molecule has 4 aromatic rings. The number of thioether (sulfide) groups is 1. The van der Waals surface area contributed by atoms with Gasteiger partial charge in [0.1, 0.15) is 0 Å². The molecule has 146 valence electrons. The Hall–Kier alpha value is -3.24. The minimum Gasteiger partial charge on any atom is -0.419 e. The predicted octanol–water partition coefficient (Wildman–Crippen LogP) is 5.20. The molecule has 0 unspecified atom stereocenters. The fourth-order valence-electron chi connectivity index (χ4n) is 2.41. The Labute approximate surface area is 173 Å². The van der Waals surface area contributed by atoms with Crippen molar-refractivity contribution in [2.45, 2.75) is 17.4 Å². The molecule has 11 heteroatoms. The summed E-state index contributed by atoms with van der Waals surface area (Å²) >= 11 is 7.16. The van der Waals surface area contributed by atoms with E-state index in [1.807, 2.05) is 6.92 Å². The second kappa shape index (κ2) is 8.02. The van der Waals surface area contributed by atoms with Crippen LogP contribution in [-0.2, 0) is 0 Å². The summed E-state index contributed by atoms with van der Waals surface area (Å²) < 4.78 is 11.4. The van der Waals surface area contributed by atoms with Gasteiger partial charge in [-0.05, 0) is 43.3 Å². The van der Waals surface area contributed by atoms with E-state index in [-0.39, 0.29) is 16.8 Å². The number of nitrogens with zero attached hydrogens (tertiary/aromatic N) is 5. The number of nitro benzene ring substituents is 1. The minimum absolute atomic E-state index is 0.00898. The molecule has 0 amide bonds. The Bertz CT molecular complexity index is 1140. The lowest BCUT2D eigenvalue weighted by Crippen LogP contribution is -1.88. The van der Waals surface area contributed by atoms with Crippen LogP contribution in [0.15, 0.2) is 62.6 Å². The molecular weight excluding hydrogens is 418 g/mol. The van der Waals surface area contributed by atoms with E-state index in [9.17, 15) is 10.1 Å². The maximum Gasteiger partial charge on any atom is 0.277 e. The van der Waals surface area contributed by atoms with Gasteiger partial charge in [-0.3, -0.25) is 10.1 Å². The molecule has 29 heavy (non-hydrogen) atoms. The van der Waals surface area contributed by atoms with Crippen molar-refractivity contribution in [1.82, 2.24) is 20.4 Å². The summed E-state index contributed by atoms with van der Waals surface area (Å²) in [5, 5.41) is 27.6. The first-order chi connectivity index (χ1) is 14.0. The third-order valence-electron chi connectivity index (χ3n) is 3.89. The number of hydrogen-bond donors (Lipinski definition) is 0. The second-order valence-corrected chi connectivity index (χ2v) is 7.62. The smallest absolute Gasteiger partial charge is 0.277 e.